The molecule has 0 bridgehead atoms. The summed E-state index contributed by atoms with van der Waals surface area (Å²) in [5.41, 5.74) is 0. The monoisotopic (exact) mass is 486 g/mol. The van der Waals surface area contributed by atoms with Crippen LogP contribution in [0.4, 0.5) is 13.2 Å². The number of carboxylic acid groups (broad SMARTS) is 1. The summed E-state index contributed by atoms with van der Waals surface area (Å²) in [6.45, 7) is 3.54. The number of rotatable bonds is 6. The van der Waals surface area contributed by atoms with Crippen molar-refractivity contribution in [3.8, 4) is 0 Å². The Morgan fingerprint density at radius 3 is 2.16 bits per heavy atom. The van der Waals surface area contributed by atoms with Crippen LogP contribution in [-0.4, -0.2) is 64.1 Å². The summed E-state index contributed by atoms with van der Waals surface area (Å²) in [5.74, 6) is -3.58. The maximum atomic E-state index is 12.6. The van der Waals surface area contributed by atoms with Crippen molar-refractivity contribution >= 4 is 34.6 Å². The molecule has 1 heterocycles. The van der Waals surface area contributed by atoms with Crippen molar-refractivity contribution in [3.63, 3.8) is 0 Å². The number of carboxylic acids is 1. The number of halogens is 3. The quantitative estimate of drug-likeness (QED) is 0.357. The number of carbonyl (C=O) groups excluding carboxylic acids is 2. The third-order valence-electron chi connectivity index (χ3n) is 4.59. The van der Waals surface area contributed by atoms with Gasteiger partial charge in [-0.2, -0.15) is 30.5 Å². The molecule has 2 N–H and O–H groups in total. The minimum atomic E-state index is -5.19. The number of benzene rings is 1. The van der Waals surface area contributed by atoms with Crippen LogP contribution in [0.15, 0.2) is 35.2 Å². The number of likely N-dealkylation sites (tertiary alicyclic amines) is 1. The lowest BCUT2D eigenvalue weighted by molar-refractivity contribution is -0.885. The number of ether oxygens (including phenoxy) is 1. The van der Waals surface area contributed by atoms with Gasteiger partial charge in [0.2, 0.25) is 10.0 Å². The lowest BCUT2D eigenvalue weighted by atomic mass is 9.89. The Balaban J connectivity index is 0.000000592. The smallest absolute Gasteiger partial charge is 0.430 e. The van der Waals surface area contributed by atoms with Gasteiger partial charge in [0.15, 0.2) is 0 Å². The van der Waals surface area contributed by atoms with Gasteiger partial charge in [-0.1, -0.05) is 18.2 Å². The fraction of sp³-hybridized carbons (Fsp3) is 0.556. The van der Waals surface area contributed by atoms with Gasteiger partial charge in [-0.15, -0.1) is 0 Å². The minimum absolute atomic E-state index is 0.120. The van der Waals surface area contributed by atoms with E-state index in [2.05, 4.69) is 11.8 Å². The third-order valence-corrected chi connectivity index (χ3v) is 6.73. The number of thiol groups is 1. The Morgan fingerprint density at radius 2 is 1.74 bits per heavy atom. The predicted molar refractivity (Wildman–Crippen MR) is 106 cm³/mol. The van der Waals surface area contributed by atoms with E-state index >= 15 is 0 Å². The van der Waals surface area contributed by atoms with Gasteiger partial charge in [0, 0.05) is 12.8 Å². The molecule has 1 aromatic carbocycles. The van der Waals surface area contributed by atoms with Crippen LogP contribution in [-0.2, 0) is 24.3 Å². The summed E-state index contributed by atoms with van der Waals surface area (Å²) >= 11 is 4.70. The van der Waals surface area contributed by atoms with Crippen molar-refractivity contribution in [2.24, 2.45) is 0 Å². The highest BCUT2D eigenvalue weighted by atomic mass is 32.2. The maximum Gasteiger partial charge on any atom is 0.430 e. The number of aliphatic carboxylic acids is 1. The molecule has 0 amide bonds. The Kier molecular flexibility index (Phi) is 9.79. The molecule has 0 saturated carbocycles. The molecule has 0 radical (unpaired) electrons. The average molecular weight is 487 g/mol. The number of piperidine rings is 1. The molecule has 176 valence electrons. The molecule has 1 aliphatic rings. The van der Waals surface area contributed by atoms with Crippen LogP contribution in [0.3, 0.4) is 0 Å². The molecule has 1 atom stereocenters. The van der Waals surface area contributed by atoms with Gasteiger partial charge in [0.05, 0.1) is 36.4 Å². The Hall–Kier alpha value is -1.83. The molecule has 1 unspecified atom stereocenters. The zero-order valence-corrected chi connectivity index (χ0v) is 18.6. The molecular formula is C18H25F3N2O6S2. The summed E-state index contributed by atoms with van der Waals surface area (Å²) in [5, 5.41) is 8.78. The highest BCUT2D eigenvalue weighted by Gasteiger charge is 2.46. The zero-order valence-electron chi connectivity index (χ0n) is 16.9. The minimum Gasteiger partial charge on any atom is -0.542 e. The highest BCUT2D eigenvalue weighted by Crippen LogP contribution is 2.30. The summed E-state index contributed by atoms with van der Waals surface area (Å²) in [7, 11) is -1.76. The largest absolute Gasteiger partial charge is 0.542 e. The van der Waals surface area contributed by atoms with Crippen LogP contribution < -0.4 is 14.7 Å². The molecule has 13 heteroatoms. The Bertz CT molecular complexity index is 842. The number of alkyl halides is 3. The first-order valence-corrected chi connectivity index (χ1v) is 11.2. The second-order valence-electron chi connectivity index (χ2n) is 6.97. The number of sulfonamides is 1. The van der Waals surface area contributed by atoms with E-state index in [1.54, 1.807) is 25.1 Å². The zero-order chi connectivity index (χ0) is 23.9. The van der Waals surface area contributed by atoms with Crippen molar-refractivity contribution in [3.05, 3.63) is 30.3 Å². The topological polar surface area (TPSA) is 117 Å². The lowest BCUT2D eigenvalue weighted by Gasteiger charge is -2.39. The van der Waals surface area contributed by atoms with Gasteiger partial charge in [-0.05, 0) is 19.1 Å². The van der Waals surface area contributed by atoms with E-state index < -0.39 is 38.9 Å². The first kappa shape index (κ1) is 27.2. The van der Waals surface area contributed by atoms with E-state index in [-0.39, 0.29) is 11.5 Å². The van der Waals surface area contributed by atoms with Crippen molar-refractivity contribution in [2.45, 2.75) is 41.6 Å². The van der Waals surface area contributed by atoms with Gasteiger partial charge in [-0.25, -0.2) is 8.42 Å². The van der Waals surface area contributed by atoms with Crippen LogP contribution >= 0.6 is 12.6 Å². The summed E-state index contributed by atoms with van der Waals surface area (Å²) in [4.78, 5) is 22.7. The second kappa shape index (κ2) is 11.2. The van der Waals surface area contributed by atoms with Gasteiger partial charge in [-0.3, -0.25) is 4.79 Å². The van der Waals surface area contributed by atoms with Crippen molar-refractivity contribution in [1.29, 1.82) is 0 Å². The van der Waals surface area contributed by atoms with Crippen molar-refractivity contribution < 1.29 is 45.9 Å². The summed E-state index contributed by atoms with van der Waals surface area (Å²) in [6, 6.07) is 7.00. The van der Waals surface area contributed by atoms with E-state index in [1.807, 2.05) is 0 Å². The number of nitrogens with one attached hydrogen (secondary N) is 2. The number of esters is 1. The maximum absolute atomic E-state index is 12.6. The number of quaternary nitrogens is 1. The fourth-order valence-electron chi connectivity index (χ4n) is 2.82. The molecule has 31 heavy (non-hydrogen) atoms. The highest BCUT2D eigenvalue weighted by molar-refractivity contribution is 7.89. The van der Waals surface area contributed by atoms with Gasteiger partial charge < -0.3 is 19.5 Å². The first-order valence-electron chi connectivity index (χ1n) is 9.29. The van der Waals surface area contributed by atoms with Crippen molar-refractivity contribution in [1.82, 2.24) is 4.72 Å². The van der Waals surface area contributed by atoms with Crippen LogP contribution in [0, 0.1) is 0 Å². The molecule has 0 aromatic heterocycles. The van der Waals surface area contributed by atoms with Gasteiger partial charge in [0.1, 0.15) is 12.0 Å². The van der Waals surface area contributed by atoms with E-state index in [9.17, 15) is 26.4 Å². The van der Waals surface area contributed by atoms with E-state index in [4.69, 9.17) is 27.3 Å². The molecule has 8 nitrogen and oxygen atoms in total. The second-order valence-corrected chi connectivity index (χ2v) is 9.57. The summed E-state index contributed by atoms with van der Waals surface area (Å²) in [6.07, 6.45) is -3.94. The van der Waals surface area contributed by atoms with E-state index in [0.29, 0.717) is 12.8 Å². The third kappa shape index (κ3) is 8.31. The molecule has 2 rings (SSSR count). The molecule has 1 aromatic rings. The van der Waals surface area contributed by atoms with E-state index in [0.717, 1.165) is 13.1 Å². The standard InChI is InChI=1S/C16H24N2O4S2.C2HF3O2/c1-3-22-15(19)14(16(23)9-11-18(2)12-10-16)17-24(20,21)13-7-5-4-6-8-13;3-2(4,5)1(6)7/h4-8,14,17,23H,3,9-12H2,1-2H3;(H,6,7). The Labute approximate surface area is 184 Å². The van der Waals surface area contributed by atoms with Crippen LogP contribution in [0.2, 0.25) is 0 Å². The van der Waals surface area contributed by atoms with Gasteiger partial charge in [0.25, 0.3) is 0 Å². The molecule has 0 aliphatic carbocycles. The fourth-order valence-corrected chi connectivity index (χ4v) is 4.59. The predicted octanol–water partition coefficient (Wildman–Crippen LogP) is -0.828. The number of carbonyl (C=O) groups is 2. The lowest BCUT2D eigenvalue weighted by Crippen LogP contribution is -3.10. The summed E-state index contributed by atoms with van der Waals surface area (Å²) < 4.78 is 63.7. The van der Waals surface area contributed by atoms with E-state index in [1.165, 1.54) is 17.0 Å². The Morgan fingerprint density at radius 1 is 1.26 bits per heavy atom. The molecule has 1 saturated heterocycles. The van der Waals surface area contributed by atoms with Gasteiger partial charge >= 0.3 is 12.1 Å². The van der Waals surface area contributed by atoms with Crippen LogP contribution in [0.5, 0.6) is 0 Å². The van der Waals surface area contributed by atoms with Crippen LogP contribution in [0.1, 0.15) is 19.8 Å². The average Bonchev–Trinajstić information content (AvgIpc) is 2.69. The normalized spacial score (nSPS) is 22.6. The SMILES string of the molecule is CCOC(=O)C(NS(=O)(=O)c1ccccc1)C1(S)CC[NH+](C)CC1.O=C([O-])C(F)(F)F. The van der Waals surface area contributed by atoms with Crippen molar-refractivity contribution in [2.75, 3.05) is 26.7 Å². The number of hydrogen-bond donors (Lipinski definition) is 3. The first-order chi connectivity index (χ1) is 14.2. The molecular weight excluding hydrogens is 461 g/mol. The molecule has 1 aliphatic heterocycles. The van der Waals surface area contributed by atoms with Crippen LogP contribution in [0.25, 0.3) is 0 Å². The molecule has 0 spiro atoms. The molecule has 1 fully saturated rings. The number of hydrogen-bond acceptors (Lipinski definition) is 7.